The molecule has 0 aliphatic heterocycles. The summed E-state index contributed by atoms with van der Waals surface area (Å²) in [6.07, 6.45) is 0. The molecule has 0 bridgehead atoms. The van der Waals surface area contributed by atoms with Gasteiger partial charge >= 0.3 is 0 Å². The molecule has 1 rings (SSSR count). The van der Waals surface area contributed by atoms with E-state index in [-0.39, 0.29) is 0 Å². The minimum atomic E-state index is 1.33. The number of benzene rings is 1. The van der Waals surface area contributed by atoms with Gasteiger partial charge in [-0.1, -0.05) is 0 Å². The van der Waals surface area contributed by atoms with Gasteiger partial charge in [-0.15, -0.1) is 0 Å². The van der Waals surface area contributed by atoms with Crippen LogP contribution in [-0.4, -0.2) is 42.3 Å². The lowest BCUT2D eigenvalue weighted by Crippen LogP contribution is -2.21. The number of hydrogen-bond donors (Lipinski definition) is 0. The summed E-state index contributed by atoms with van der Waals surface area (Å²) in [4.78, 5) is 6.64. The second kappa shape index (κ2) is 5.09. The standard InChI is InChI=1S/C15H27N3/c1-10-13(16(4)5)11(2)15(18(8)9)12(3)14(10)17(6)7/h1-9H3. The third-order valence-electron chi connectivity index (χ3n) is 3.47. The predicted octanol–water partition coefficient (Wildman–Crippen LogP) is 2.81. The maximum Gasteiger partial charge on any atom is 0.0462 e. The zero-order valence-corrected chi connectivity index (χ0v) is 13.3. The monoisotopic (exact) mass is 249 g/mol. The summed E-state index contributed by atoms with van der Waals surface area (Å²) in [7, 11) is 12.7. The third kappa shape index (κ3) is 2.26. The lowest BCUT2D eigenvalue weighted by molar-refractivity contribution is 1.02. The van der Waals surface area contributed by atoms with Crippen molar-refractivity contribution in [3.8, 4) is 0 Å². The summed E-state index contributed by atoms with van der Waals surface area (Å²) >= 11 is 0. The molecule has 3 heteroatoms. The second-order valence-electron chi connectivity index (χ2n) is 5.60. The fourth-order valence-electron chi connectivity index (χ4n) is 3.19. The Kier molecular flexibility index (Phi) is 4.15. The van der Waals surface area contributed by atoms with Crippen molar-refractivity contribution in [1.82, 2.24) is 0 Å². The van der Waals surface area contributed by atoms with Gasteiger partial charge in [-0.25, -0.2) is 0 Å². The van der Waals surface area contributed by atoms with Gasteiger partial charge in [0.2, 0.25) is 0 Å². The van der Waals surface area contributed by atoms with Gasteiger partial charge in [-0.05, 0) is 37.5 Å². The third-order valence-corrected chi connectivity index (χ3v) is 3.47. The Bertz CT molecular complexity index is 358. The average molecular weight is 249 g/mol. The lowest BCUT2D eigenvalue weighted by Gasteiger charge is -2.31. The van der Waals surface area contributed by atoms with E-state index < -0.39 is 0 Å². The topological polar surface area (TPSA) is 9.72 Å². The van der Waals surface area contributed by atoms with E-state index in [1.54, 1.807) is 0 Å². The molecule has 0 aromatic heterocycles. The molecule has 0 saturated heterocycles. The molecule has 0 aliphatic carbocycles. The largest absolute Gasteiger partial charge is 0.377 e. The molecule has 1 aromatic carbocycles. The number of nitrogens with zero attached hydrogens (tertiary/aromatic N) is 3. The zero-order chi connectivity index (χ0) is 14.2. The number of rotatable bonds is 3. The van der Waals surface area contributed by atoms with Crippen LogP contribution in [0, 0.1) is 20.8 Å². The highest BCUT2D eigenvalue weighted by Gasteiger charge is 2.20. The van der Waals surface area contributed by atoms with E-state index in [0.717, 1.165) is 0 Å². The summed E-state index contributed by atoms with van der Waals surface area (Å²) in [6.45, 7) is 6.64. The Hall–Kier alpha value is -1.38. The first kappa shape index (κ1) is 14.7. The van der Waals surface area contributed by atoms with E-state index in [1.165, 1.54) is 33.8 Å². The van der Waals surface area contributed by atoms with Gasteiger partial charge in [-0.2, -0.15) is 0 Å². The van der Waals surface area contributed by atoms with E-state index in [9.17, 15) is 0 Å². The maximum atomic E-state index is 2.21. The van der Waals surface area contributed by atoms with Crippen molar-refractivity contribution in [1.29, 1.82) is 0 Å². The summed E-state index contributed by atoms with van der Waals surface area (Å²) in [5, 5.41) is 0. The Labute approximate surface area is 112 Å². The quantitative estimate of drug-likeness (QED) is 0.815. The van der Waals surface area contributed by atoms with E-state index >= 15 is 0 Å². The summed E-state index contributed by atoms with van der Waals surface area (Å²) in [5.74, 6) is 0. The molecule has 0 heterocycles. The first-order chi connectivity index (χ1) is 8.20. The predicted molar refractivity (Wildman–Crippen MR) is 83.6 cm³/mol. The Morgan fingerprint density at radius 2 is 0.611 bits per heavy atom. The molecule has 0 unspecified atom stereocenters. The first-order valence-electron chi connectivity index (χ1n) is 6.35. The van der Waals surface area contributed by atoms with Gasteiger partial charge in [0.1, 0.15) is 0 Å². The molecule has 0 fully saturated rings. The van der Waals surface area contributed by atoms with Crippen LogP contribution in [0.2, 0.25) is 0 Å². The normalized spacial score (nSPS) is 10.5. The van der Waals surface area contributed by atoms with Gasteiger partial charge in [0.05, 0.1) is 0 Å². The van der Waals surface area contributed by atoms with Crippen LogP contribution in [0.4, 0.5) is 17.1 Å². The Balaban J connectivity index is 3.76. The van der Waals surface area contributed by atoms with Gasteiger partial charge in [0, 0.05) is 59.3 Å². The minimum Gasteiger partial charge on any atom is -0.377 e. The molecular formula is C15H27N3. The van der Waals surface area contributed by atoms with Crippen LogP contribution >= 0.6 is 0 Å². The zero-order valence-electron chi connectivity index (χ0n) is 13.3. The molecule has 0 aliphatic rings. The van der Waals surface area contributed by atoms with Crippen molar-refractivity contribution in [3.05, 3.63) is 16.7 Å². The van der Waals surface area contributed by atoms with Crippen molar-refractivity contribution < 1.29 is 0 Å². The molecule has 3 nitrogen and oxygen atoms in total. The molecule has 0 spiro atoms. The van der Waals surface area contributed by atoms with Crippen LogP contribution in [0.5, 0.6) is 0 Å². The smallest absolute Gasteiger partial charge is 0.0462 e. The van der Waals surface area contributed by atoms with Crippen molar-refractivity contribution >= 4 is 17.1 Å². The molecule has 0 N–H and O–H groups in total. The fraction of sp³-hybridized carbons (Fsp3) is 0.600. The SMILES string of the molecule is Cc1c(N(C)C)c(C)c(N(C)C)c(C)c1N(C)C. The van der Waals surface area contributed by atoms with Gasteiger partial charge in [0.25, 0.3) is 0 Å². The second-order valence-corrected chi connectivity index (χ2v) is 5.60. The first-order valence-corrected chi connectivity index (χ1v) is 6.35. The van der Waals surface area contributed by atoms with Crippen LogP contribution in [0.15, 0.2) is 0 Å². The molecule has 102 valence electrons. The lowest BCUT2D eigenvalue weighted by atomic mass is 9.97. The van der Waals surface area contributed by atoms with Crippen LogP contribution < -0.4 is 14.7 Å². The molecule has 0 saturated carbocycles. The molecule has 0 amide bonds. The molecule has 0 radical (unpaired) electrons. The minimum absolute atomic E-state index is 1.33. The van der Waals surface area contributed by atoms with Crippen LogP contribution in [0.1, 0.15) is 16.7 Å². The summed E-state index contributed by atoms with van der Waals surface area (Å²) < 4.78 is 0. The highest BCUT2D eigenvalue weighted by Crippen LogP contribution is 2.41. The highest BCUT2D eigenvalue weighted by molar-refractivity contribution is 5.83. The van der Waals surface area contributed by atoms with Crippen LogP contribution in [0.25, 0.3) is 0 Å². The fourth-order valence-corrected chi connectivity index (χ4v) is 3.19. The van der Waals surface area contributed by atoms with Crippen molar-refractivity contribution in [2.45, 2.75) is 20.8 Å². The van der Waals surface area contributed by atoms with Crippen LogP contribution in [0.3, 0.4) is 0 Å². The van der Waals surface area contributed by atoms with E-state index in [1.807, 2.05) is 0 Å². The average Bonchev–Trinajstić information content (AvgIpc) is 2.14. The molecule has 18 heavy (non-hydrogen) atoms. The van der Waals surface area contributed by atoms with Gasteiger partial charge in [0.15, 0.2) is 0 Å². The molecule has 1 aromatic rings. The number of anilines is 3. The van der Waals surface area contributed by atoms with Crippen LogP contribution in [-0.2, 0) is 0 Å². The van der Waals surface area contributed by atoms with E-state index in [0.29, 0.717) is 0 Å². The molecule has 0 atom stereocenters. The van der Waals surface area contributed by atoms with Crippen molar-refractivity contribution in [2.75, 3.05) is 57.0 Å². The maximum absolute atomic E-state index is 2.21. The van der Waals surface area contributed by atoms with E-state index in [4.69, 9.17) is 0 Å². The number of hydrogen-bond acceptors (Lipinski definition) is 3. The summed E-state index contributed by atoms with van der Waals surface area (Å²) in [5.41, 5.74) is 8.04. The van der Waals surface area contributed by atoms with Gasteiger partial charge in [-0.3, -0.25) is 0 Å². The molecular weight excluding hydrogens is 222 g/mol. The van der Waals surface area contributed by atoms with E-state index in [2.05, 4.69) is 77.8 Å². The Morgan fingerprint density at radius 1 is 0.444 bits per heavy atom. The Morgan fingerprint density at radius 3 is 0.722 bits per heavy atom. The van der Waals surface area contributed by atoms with Gasteiger partial charge < -0.3 is 14.7 Å². The van der Waals surface area contributed by atoms with Crippen molar-refractivity contribution in [2.24, 2.45) is 0 Å². The van der Waals surface area contributed by atoms with Crippen molar-refractivity contribution in [3.63, 3.8) is 0 Å². The summed E-state index contributed by atoms with van der Waals surface area (Å²) in [6, 6.07) is 0. The highest BCUT2D eigenvalue weighted by atomic mass is 15.1.